The summed E-state index contributed by atoms with van der Waals surface area (Å²) >= 11 is 1.44. The van der Waals surface area contributed by atoms with E-state index in [2.05, 4.69) is 10.3 Å². The number of carbonyl (C=O) groups is 1. The van der Waals surface area contributed by atoms with Crippen molar-refractivity contribution in [2.24, 2.45) is 0 Å². The second-order valence-electron chi connectivity index (χ2n) is 4.09. The van der Waals surface area contributed by atoms with Crippen molar-refractivity contribution in [3.05, 3.63) is 10.6 Å². The fourth-order valence-electron chi connectivity index (χ4n) is 1.72. The molecule has 1 unspecified atom stereocenters. The van der Waals surface area contributed by atoms with Gasteiger partial charge < -0.3 is 19.5 Å². The average Bonchev–Trinajstić information content (AvgIpc) is 2.79. The van der Waals surface area contributed by atoms with Crippen LogP contribution in [0.4, 0.5) is 5.13 Å². The minimum atomic E-state index is -0.374. The number of esters is 1. The van der Waals surface area contributed by atoms with Crippen LogP contribution in [-0.2, 0) is 14.2 Å². The van der Waals surface area contributed by atoms with Gasteiger partial charge in [-0.25, -0.2) is 9.78 Å². The highest BCUT2D eigenvalue weighted by Crippen LogP contribution is 2.22. The van der Waals surface area contributed by atoms with E-state index >= 15 is 0 Å². The highest BCUT2D eigenvalue weighted by molar-refractivity contribution is 7.15. The Morgan fingerprint density at radius 1 is 1.58 bits per heavy atom. The van der Waals surface area contributed by atoms with Gasteiger partial charge in [-0.3, -0.25) is 0 Å². The molecule has 0 aromatic carbocycles. The van der Waals surface area contributed by atoms with Gasteiger partial charge in [0.25, 0.3) is 0 Å². The van der Waals surface area contributed by atoms with Crippen LogP contribution in [-0.4, -0.2) is 50.0 Å². The van der Waals surface area contributed by atoms with Gasteiger partial charge in [0.2, 0.25) is 0 Å². The number of carbonyl (C=O) groups excluding carboxylic acids is 1. The highest BCUT2D eigenvalue weighted by Gasteiger charge is 2.18. The van der Waals surface area contributed by atoms with Gasteiger partial charge in [-0.05, 0) is 13.8 Å². The van der Waals surface area contributed by atoms with Crippen LogP contribution in [0.2, 0.25) is 0 Å². The maximum absolute atomic E-state index is 11.6. The second-order valence-corrected chi connectivity index (χ2v) is 5.30. The molecule has 1 aliphatic heterocycles. The van der Waals surface area contributed by atoms with E-state index in [1.54, 1.807) is 6.92 Å². The summed E-state index contributed by atoms with van der Waals surface area (Å²) < 4.78 is 15.8. The quantitative estimate of drug-likeness (QED) is 0.826. The summed E-state index contributed by atoms with van der Waals surface area (Å²) in [6, 6.07) is 0. The molecular weight excluding hydrogens is 268 g/mol. The number of thiazole rings is 1. The van der Waals surface area contributed by atoms with E-state index in [0.29, 0.717) is 43.8 Å². The largest absolute Gasteiger partial charge is 0.461 e. The third-order valence-corrected chi connectivity index (χ3v) is 3.56. The number of aromatic nitrogens is 1. The highest BCUT2D eigenvalue weighted by atomic mass is 32.1. The predicted molar refractivity (Wildman–Crippen MR) is 71.9 cm³/mol. The number of ether oxygens (including phenoxy) is 3. The van der Waals surface area contributed by atoms with Gasteiger partial charge in [-0.2, -0.15) is 0 Å². The minimum absolute atomic E-state index is 0.0315. The van der Waals surface area contributed by atoms with Gasteiger partial charge in [0.1, 0.15) is 0 Å². The summed E-state index contributed by atoms with van der Waals surface area (Å²) in [6.45, 7) is 6.47. The van der Waals surface area contributed by atoms with Crippen molar-refractivity contribution in [1.29, 1.82) is 0 Å². The van der Waals surface area contributed by atoms with Gasteiger partial charge in [0.05, 0.1) is 32.5 Å². The molecule has 1 aromatic heterocycles. The molecule has 0 bridgehead atoms. The molecule has 1 fully saturated rings. The van der Waals surface area contributed by atoms with Crippen LogP contribution < -0.4 is 5.32 Å². The molecule has 0 amide bonds. The Bertz CT molecular complexity index is 429. The number of nitrogens with zero attached hydrogens (tertiary/aromatic N) is 1. The first-order valence-electron chi connectivity index (χ1n) is 6.28. The van der Waals surface area contributed by atoms with Gasteiger partial charge in [0, 0.05) is 11.4 Å². The van der Waals surface area contributed by atoms with E-state index in [9.17, 15) is 4.79 Å². The molecule has 0 spiro atoms. The zero-order valence-corrected chi connectivity index (χ0v) is 11.9. The molecule has 2 heterocycles. The van der Waals surface area contributed by atoms with Crippen molar-refractivity contribution in [3.63, 3.8) is 0 Å². The summed E-state index contributed by atoms with van der Waals surface area (Å²) in [5.74, 6) is -0.374. The molecule has 0 saturated carbocycles. The summed E-state index contributed by atoms with van der Waals surface area (Å²) in [6.07, 6.45) is 0.0315. The molecule has 1 aliphatic rings. The molecule has 1 N–H and O–H groups in total. The summed E-state index contributed by atoms with van der Waals surface area (Å²) in [7, 11) is 0. The lowest BCUT2D eigenvalue weighted by molar-refractivity contribution is -0.0818. The van der Waals surface area contributed by atoms with Crippen LogP contribution in [0.5, 0.6) is 0 Å². The maximum atomic E-state index is 11.6. The SMILES string of the molecule is CCOC(=O)c1nc(NCC2COCCO2)sc1C. The molecular formula is C12H18N2O4S. The normalized spacial score (nSPS) is 19.2. The van der Waals surface area contributed by atoms with E-state index in [-0.39, 0.29) is 12.1 Å². The molecule has 0 aliphatic carbocycles. The van der Waals surface area contributed by atoms with Crippen LogP contribution in [0.1, 0.15) is 22.3 Å². The second kappa shape index (κ2) is 6.83. The smallest absolute Gasteiger partial charge is 0.358 e. The summed E-state index contributed by atoms with van der Waals surface area (Å²) in [5.41, 5.74) is 0.384. The van der Waals surface area contributed by atoms with E-state index in [4.69, 9.17) is 14.2 Å². The lowest BCUT2D eigenvalue weighted by Gasteiger charge is -2.22. The Kier molecular flexibility index (Phi) is 5.12. The Hall–Kier alpha value is -1.18. The molecule has 19 heavy (non-hydrogen) atoms. The van der Waals surface area contributed by atoms with E-state index < -0.39 is 0 Å². The van der Waals surface area contributed by atoms with Crippen LogP contribution in [0.25, 0.3) is 0 Å². The molecule has 7 heteroatoms. The first-order valence-corrected chi connectivity index (χ1v) is 7.10. The van der Waals surface area contributed by atoms with Gasteiger partial charge in [0.15, 0.2) is 10.8 Å². The van der Waals surface area contributed by atoms with Crippen molar-refractivity contribution in [2.75, 3.05) is 38.3 Å². The van der Waals surface area contributed by atoms with Crippen molar-refractivity contribution >= 4 is 22.4 Å². The standard InChI is InChI=1S/C12H18N2O4S/c1-3-17-11(15)10-8(2)19-12(14-10)13-6-9-7-16-4-5-18-9/h9H,3-7H2,1-2H3,(H,13,14). The average molecular weight is 286 g/mol. The Balaban J connectivity index is 1.90. The Morgan fingerprint density at radius 2 is 2.42 bits per heavy atom. The number of rotatable bonds is 5. The number of hydrogen-bond acceptors (Lipinski definition) is 7. The molecule has 1 atom stereocenters. The fraction of sp³-hybridized carbons (Fsp3) is 0.667. The number of aryl methyl sites for hydroxylation is 1. The monoisotopic (exact) mass is 286 g/mol. The first-order chi connectivity index (χ1) is 9.20. The van der Waals surface area contributed by atoms with E-state index in [0.717, 1.165) is 4.88 Å². The van der Waals surface area contributed by atoms with E-state index in [1.165, 1.54) is 11.3 Å². The Labute approximate surface area is 116 Å². The number of nitrogens with one attached hydrogen (secondary N) is 1. The minimum Gasteiger partial charge on any atom is -0.461 e. The Morgan fingerprint density at radius 3 is 3.11 bits per heavy atom. The number of hydrogen-bond donors (Lipinski definition) is 1. The van der Waals surface area contributed by atoms with Crippen molar-refractivity contribution < 1.29 is 19.0 Å². The van der Waals surface area contributed by atoms with Crippen molar-refractivity contribution in [1.82, 2.24) is 4.98 Å². The topological polar surface area (TPSA) is 69.7 Å². The predicted octanol–water partition coefficient (Wildman–Crippen LogP) is 1.46. The summed E-state index contributed by atoms with van der Waals surface area (Å²) in [4.78, 5) is 16.7. The van der Waals surface area contributed by atoms with Crippen LogP contribution in [0.15, 0.2) is 0 Å². The van der Waals surface area contributed by atoms with Crippen molar-refractivity contribution in [3.8, 4) is 0 Å². The molecule has 1 aromatic rings. The first kappa shape index (κ1) is 14.2. The molecule has 6 nitrogen and oxygen atoms in total. The van der Waals surface area contributed by atoms with Gasteiger partial charge in [-0.15, -0.1) is 11.3 Å². The third kappa shape index (κ3) is 3.89. The van der Waals surface area contributed by atoms with Gasteiger partial charge >= 0.3 is 5.97 Å². The van der Waals surface area contributed by atoms with Crippen LogP contribution >= 0.6 is 11.3 Å². The molecule has 2 rings (SSSR count). The fourth-order valence-corrected chi connectivity index (χ4v) is 2.52. The van der Waals surface area contributed by atoms with Gasteiger partial charge in [-0.1, -0.05) is 0 Å². The number of anilines is 1. The van der Waals surface area contributed by atoms with E-state index in [1.807, 2.05) is 6.92 Å². The molecule has 0 radical (unpaired) electrons. The van der Waals surface area contributed by atoms with Crippen LogP contribution in [0.3, 0.4) is 0 Å². The zero-order chi connectivity index (χ0) is 13.7. The lowest BCUT2D eigenvalue weighted by Crippen LogP contribution is -2.34. The zero-order valence-electron chi connectivity index (χ0n) is 11.1. The third-order valence-electron chi connectivity index (χ3n) is 2.63. The van der Waals surface area contributed by atoms with Crippen LogP contribution in [0, 0.1) is 6.92 Å². The maximum Gasteiger partial charge on any atom is 0.358 e. The molecule has 1 saturated heterocycles. The lowest BCUT2D eigenvalue weighted by atomic mass is 10.3. The molecule has 106 valence electrons. The van der Waals surface area contributed by atoms with Crippen molar-refractivity contribution in [2.45, 2.75) is 20.0 Å². The summed E-state index contributed by atoms with van der Waals surface area (Å²) in [5, 5.41) is 3.87.